The summed E-state index contributed by atoms with van der Waals surface area (Å²) in [6.07, 6.45) is 1.44. The maximum absolute atomic E-state index is 11.8. The van der Waals surface area contributed by atoms with Gasteiger partial charge in [-0.2, -0.15) is 5.21 Å². The predicted molar refractivity (Wildman–Crippen MR) is 62.7 cm³/mol. The van der Waals surface area contributed by atoms with Crippen LogP contribution in [0.4, 0.5) is 5.82 Å². The van der Waals surface area contributed by atoms with E-state index in [9.17, 15) is 9.90 Å². The molecule has 1 aliphatic rings. The number of rotatable bonds is 4. The zero-order valence-electron chi connectivity index (χ0n) is 9.98. The van der Waals surface area contributed by atoms with Gasteiger partial charge in [-0.1, -0.05) is 0 Å². The van der Waals surface area contributed by atoms with E-state index in [1.165, 1.54) is 0 Å². The van der Waals surface area contributed by atoms with Gasteiger partial charge in [0.25, 0.3) is 5.91 Å². The standard InChI is InChI=1S/C10H17N5O3/c11-8-7(13-15-14-8)9(17)12-5-10(6-16)1-3-18-4-2-10/h16H,1-6H2,(H,12,17)(H3,11,13,14,15). The quantitative estimate of drug-likeness (QED) is 0.541. The van der Waals surface area contributed by atoms with Crippen molar-refractivity contribution in [2.45, 2.75) is 12.8 Å². The van der Waals surface area contributed by atoms with E-state index in [0.29, 0.717) is 19.8 Å². The second-order valence-corrected chi connectivity index (χ2v) is 4.51. The molecule has 0 radical (unpaired) electrons. The van der Waals surface area contributed by atoms with Crippen LogP contribution in [0.25, 0.3) is 0 Å². The van der Waals surface area contributed by atoms with Crippen molar-refractivity contribution < 1.29 is 14.6 Å². The number of aliphatic hydroxyl groups excluding tert-OH is 1. The maximum Gasteiger partial charge on any atom is 0.275 e. The van der Waals surface area contributed by atoms with Crippen LogP contribution < -0.4 is 11.1 Å². The minimum atomic E-state index is -0.388. The molecule has 0 saturated carbocycles. The van der Waals surface area contributed by atoms with Crippen molar-refractivity contribution in [3.8, 4) is 0 Å². The lowest BCUT2D eigenvalue weighted by atomic mass is 9.81. The van der Waals surface area contributed by atoms with E-state index in [-0.39, 0.29) is 29.4 Å². The molecule has 8 heteroatoms. The SMILES string of the molecule is Nc1n[nH]nc1C(=O)NCC1(CO)CCOCC1. The third kappa shape index (κ3) is 2.59. The van der Waals surface area contributed by atoms with Gasteiger partial charge in [0.1, 0.15) is 0 Å². The zero-order valence-corrected chi connectivity index (χ0v) is 9.98. The lowest BCUT2D eigenvalue weighted by Crippen LogP contribution is -2.43. The predicted octanol–water partition coefficient (Wildman–Crippen LogP) is -1.09. The van der Waals surface area contributed by atoms with Crippen molar-refractivity contribution in [2.24, 2.45) is 5.41 Å². The Balaban J connectivity index is 1.94. The summed E-state index contributed by atoms with van der Waals surface area (Å²) in [5.41, 5.74) is 5.25. The van der Waals surface area contributed by atoms with Gasteiger partial charge >= 0.3 is 0 Å². The number of amides is 1. The molecule has 0 aromatic carbocycles. The summed E-state index contributed by atoms with van der Waals surface area (Å²) in [5, 5.41) is 21.7. The molecule has 100 valence electrons. The third-order valence-electron chi connectivity index (χ3n) is 3.30. The van der Waals surface area contributed by atoms with Gasteiger partial charge in [-0.05, 0) is 12.8 Å². The fraction of sp³-hybridized carbons (Fsp3) is 0.700. The fourth-order valence-electron chi connectivity index (χ4n) is 1.95. The molecule has 1 aromatic rings. The van der Waals surface area contributed by atoms with E-state index < -0.39 is 0 Å². The first-order valence-electron chi connectivity index (χ1n) is 5.80. The summed E-state index contributed by atoms with van der Waals surface area (Å²) in [6.45, 7) is 1.59. The number of carbonyl (C=O) groups is 1. The average Bonchev–Trinajstić information content (AvgIpc) is 2.83. The monoisotopic (exact) mass is 255 g/mol. The number of ether oxygens (including phenoxy) is 1. The maximum atomic E-state index is 11.8. The Morgan fingerprint density at radius 1 is 1.50 bits per heavy atom. The first kappa shape index (κ1) is 12.8. The molecule has 2 heterocycles. The summed E-state index contributed by atoms with van der Waals surface area (Å²) in [4.78, 5) is 11.8. The van der Waals surface area contributed by atoms with Gasteiger partial charge in [-0.15, -0.1) is 10.2 Å². The Labute approximate surface area is 104 Å². The van der Waals surface area contributed by atoms with Crippen molar-refractivity contribution in [1.82, 2.24) is 20.7 Å². The van der Waals surface area contributed by atoms with Crippen molar-refractivity contribution in [2.75, 3.05) is 32.1 Å². The molecule has 1 saturated heterocycles. The van der Waals surface area contributed by atoms with Gasteiger partial charge in [0.15, 0.2) is 11.5 Å². The van der Waals surface area contributed by atoms with Crippen LogP contribution in [0, 0.1) is 5.41 Å². The van der Waals surface area contributed by atoms with Gasteiger partial charge < -0.3 is 20.9 Å². The number of nitrogen functional groups attached to an aromatic ring is 1. The molecular weight excluding hydrogens is 238 g/mol. The Kier molecular flexibility index (Phi) is 3.78. The Morgan fingerprint density at radius 2 is 2.22 bits per heavy atom. The molecule has 0 atom stereocenters. The molecule has 1 amide bonds. The number of nitrogens with one attached hydrogen (secondary N) is 2. The molecule has 1 aromatic heterocycles. The van der Waals surface area contributed by atoms with Crippen molar-refractivity contribution in [3.63, 3.8) is 0 Å². The number of H-pyrrole nitrogens is 1. The van der Waals surface area contributed by atoms with Crippen molar-refractivity contribution >= 4 is 11.7 Å². The number of nitrogens with zero attached hydrogens (tertiary/aromatic N) is 2. The van der Waals surface area contributed by atoms with Gasteiger partial charge in [0, 0.05) is 25.2 Å². The Hall–Kier alpha value is -1.67. The summed E-state index contributed by atoms with van der Waals surface area (Å²) < 4.78 is 5.25. The summed E-state index contributed by atoms with van der Waals surface area (Å²) in [6, 6.07) is 0. The highest BCUT2D eigenvalue weighted by Gasteiger charge is 2.32. The van der Waals surface area contributed by atoms with Crippen LogP contribution in [0.15, 0.2) is 0 Å². The summed E-state index contributed by atoms with van der Waals surface area (Å²) >= 11 is 0. The number of aromatic amines is 1. The van der Waals surface area contributed by atoms with E-state index in [0.717, 1.165) is 12.8 Å². The topological polar surface area (TPSA) is 126 Å². The van der Waals surface area contributed by atoms with Gasteiger partial charge in [0.2, 0.25) is 0 Å². The van der Waals surface area contributed by atoms with Crippen molar-refractivity contribution in [3.05, 3.63) is 5.69 Å². The Morgan fingerprint density at radius 3 is 2.78 bits per heavy atom. The van der Waals surface area contributed by atoms with Crippen molar-refractivity contribution in [1.29, 1.82) is 0 Å². The first-order valence-corrected chi connectivity index (χ1v) is 5.80. The van der Waals surface area contributed by atoms with Gasteiger partial charge in [-0.3, -0.25) is 4.79 Å². The highest BCUT2D eigenvalue weighted by atomic mass is 16.5. The van der Waals surface area contributed by atoms with E-state index in [1.807, 2.05) is 0 Å². The largest absolute Gasteiger partial charge is 0.396 e. The molecule has 2 rings (SSSR count). The fourth-order valence-corrected chi connectivity index (χ4v) is 1.95. The molecule has 0 aliphatic carbocycles. The molecule has 1 fully saturated rings. The van der Waals surface area contributed by atoms with E-state index in [1.54, 1.807) is 0 Å². The van der Waals surface area contributed by atoms with E-state index >= 15 is 0 Å². The van der Waals surface area contributed by atoms with E-state index in [2.05, 4.69) is 20.7 Å². The minimum absolute atomic E-state index is 0.0188. The smallest absolute Gasteiger partial charge is 0.275 e. The molecule has 1 aliphatic heterocycles. The highest BCUT2D eigenvalue weighted by Crippen LogP contribution is 2.29. The number of hydrogen-bond acceptors (Lipinski definition) is 6. The van der Waals surface area contributed by atoms with Gasteiger partial charge in [0.05, 0.1) is 6.61 Å². The molecule has 18 heavy (non-hydrogen) atoms. The molecular formula is C10H17N5O3. The molecule has 5 N–H and O–H groups in total. The van der Waals surface area contributed by atoms with Crippen LogP contribution >= 0.6 is 0 Å². The Bertz CT molecular complexity index is 413. The molecule has 0 spiro atoms. The first-order chi connectivity index (χ1) is 8.67. The van der Waals surface area contributed by atoms with Crippen LogP contribution in [-0.2, 0) is 4.74 Å². The normalized spacial score (nSPS) is 18.5. The van der Waals surface area contributed by atoms with E-state index in [4.69, 9.17) is 10.5 Å². The molecule has 8 nitrogen and oxygen atoms in total. The lowest BCUT2D eigenvalue weighted by molar-refractivity contribution is -0.0146. The van der Waals surface area contributed by atoms with Crippen LogP contribution in [0.1, 0.15) is 23.3 Å². The number of anilines is 1. The van der Waals surface area contributed by atoms with Crippen LogP contribution in [0.2, 0.25) is 0 Å². The second kappa shape index (κ2) is 5.32. The second-order valence-electron chi connectivity index (χ2n) is 4.51. The summed E-state index contributed by atoms with van der Waals surface area (Å²) in [5.74, 6) is -0.321. The average molecular weight is 255 g/mol. The number of carbonyl (C=O) groups excluding carboxylic acids is 1. The third-order valence-corrected chi connectivity index (χ3v) is 3.30. The van der Waals surface area contributed by atoms with Crippen LogP contribution in [0.5, 0.6) is 0 Å². The number of nitrogens with two attached hydrogens (primary N) is 1. The zero-order chi connectivity index (χ0) is 13.0. The number of hydrogen-bond donors (Lipinski definition) is 4. The number of aliphatic hydroxyl groups is 1. The molecule has 0 unspecified atom stereocenters. The van der Waals surface area contributed by atoms with Crippen LogP contribution in [0.3, 0.4) is 0 Å². The van der Waals surface area contributed by atoms with Gasteiger partial charge in [-0.25, -0.2) is 0 Å². The summed E-state index contributed by atoms with van der Waals surface area (Å²) in [7, 11) is 0. The lowest BCUT2D eigenvalue weighted by Gasteiger charge is -2.35. The van der Waals surface area contributed by atoms with Crippen LogP contribution in [-0.4, -0.2) is 52.8 Å². The highest BCUT2D eigenvalue weighted by molar-refractivity contribution is 5.96. The molecule has 0 bridgehead atoms. The number of aromatic nitrogens is 3. The minimum Gasteiger partial charge on any atom is -0.396 e.